The highest BCUT2D eigenvalue weighted by Crippen LogP contribution is 2.48. The van der Waals surface area contributed by atoms with Gasteiger partial charge in [0.05, 0.1) is 12.0 Å². The molecule has 0 saturated heterocycles. The van der Waals surface area contributed by atoms with E-state index in [1.807, 2.05) is 19.0 Å². The van der Waals surface area contributed by atoms with E-state index in [9.17, 15) is 0 Å². The maximum absolute atomic E-state index is 5.38. The lowest BCUT2D eigenvalue weighted by atomic mass is 9.89. The highest BCUT2D eigenvalue weighted by atomic mass is 32.1. The van der Waals surface area contributed by atoms with Crippen molar-refractivity contribution in [3.63, 3.8) is 0 Å². The van der Waals surface area contributed by atoms with Crippen molar-refractivity contribution in [3.8, 4) is 5.88 Å². The average molecular weight is 295 g/mol. The zero-order valence-corrected chi connectivity index (χ0v) is 13.5. The molecule has 5 heteroatoms. The van der Waals surface area contributed by atoms with E-state index < -0.39 is 0 Å². The second-order valence-corrected chi connectivity index (χ2v) is 7.45. The first-order valence-corrected chi connectivity index (χ1v) is 8.40. The van der Waals surface area contributed by atoms with Crippen LogP contribution in [0.5, 0.6) is 5.88 Å². The van der Waals surface area contributed by atoms with Crippen LogP contribution >= 0.6 is 11.3 Å². The van der Waals surface area contributed by atoms with Crippen LogP contribution in [-0.2, 0) is 6.54 Å². The minimum absolute atomic E-state index is 0.777. The van der Waals surface area contributed by atoms with Crippen LogP contribution in [0.2, 0.25) is 0 Å². The molecule has 2 bridgehead atoms. The molecule has 1 N–H and O–H groups in total. The molecule has 2 aliphatic rings. The minimum atomic E-state index is 0.777. The molecule has 1 heterocycles. The molecule has 3 rings (SSSR count). The number of nitrogens with one attached hydrogen (secondary N) is 1. The number of hydrogen-bond acceptors (Lipinski definition) is 5. The fraction of sp³-hybridized carbons (Fsp3) is 0.800. The van der Waals surface area contributed by atoms with Gasteiger partial charge in [-0.25, -0.2) is 0 Å². The molecule has 2 aliphatic carbocycles. The highest BCUT2D eigenvalue weighted by molar-refractivity contribution is 7.15. The van der Waals surface area contributed by atoms with Gasteiger partial charge in [0.2, 0.25) is 5.88 Å². The average Bonchev–Trinajstić information content (AvgIpc) is 3.12. The zero-order chi connectivity index (χ0) is 14.1. The van der Waals surface area contributed by atoms with Crippen LogP contribution in [0.4, 0.5) is 5.13 Å². The molecule has 0 amide bonds. The number of thiazole rings is 1. The van der Waals surface area contributed by atoms with Gasteiger partial charge in [-0.1, -0.05) is 17.8 Å². The third kappa shape index (κ3) is 2.79. The molecule has 2 fully saturated rings. The lowest BCUT2D eigenvalue weighted by Crippen LogP contribution is -2.26. The second-order valence-electron chi connectivity index (χ2n) is 6.39. The summed E-state index contributed by atoms with van der Waals surface area (Å²) in [5.74, 6) is 3.71. The lowest BCUT2D eigenvalue weighted by Gasteiger charge is -2.21. The van der Waals surface area contributed by atoms with Gasteiger partial charge >= 0.3 is 0 Å². The quantitative estimate of drug-likeness (QED) is 0.875. The van der Waals surface area contributed by atoms with Gasteiger partial charge in [-0.2, -0.15) is 4.98 Å². The Kier molecular flexibility index (Phi) is 4.17. The van der Waals surface area contributed by atoms with Gasteiger partial charge < -0.3 is 15.0 Å². The van der Waals surface area contributed by atoms with Gasteiger partial charge in [0.25, 0.3) is 0 Å². The summed E-state index contributed by atoms with van der Waals surface area (Å²) in [5.41, 5.74) is 0. The van der Waals surface area contributed by atoms with Crippen LogP contribution in [0.25, 0.3) is 0 Å². The molecular weight excluding hydrogens is 270 g/mol. The summed E-state index contributed by atoms with van der Waals surface area (Å²) in [5, 5.41) is 4.64. The molecule has 3 unspecified atom stereocenters. The fourth-order valence-corrected chi connectivity index (χ4v) is 4.71. The maximum atomic E-state index is 5.38. The topological polar surface area (TPSA) is 37.4 Å². The fourth-order valence-electron chi connectivity index (χ4n) is 3.79. The summed E-state index contributed by atoms with van der Waals surface area (Å²) in [6.45, 7) is 2.03. The smallest absolute Gasteiger partial charge is 0.230 e. The van der Waals surface area contributed by atoms with Gasteiger partial charge in [-0.15, -0.1) is 0 Å². The van der Waals surface area contributed by atoms with Gasteiger partial charge in [0, 0.05) is 20.6 Å². The van der Waals surface area contributed by atoms with E-state index in [1.54, 1.807) is 18.4 Å². The first-order valence-electron chi connectivity index (χ1n) is 7.59. The Bertz CT molecular complexity index is 460. The number of methoxy groups -OCH3 is 1. The van der Waals surface area contributed by atoms with Crippen molar-refractivity contribution in [3.05, 3.63) is 4.88 Å². The summed E-state index contributed by atoms with van der Waals surface area (Å²) in [4.78, 5) is 7.74. The molecule has 1 aromatic rings. The van der Waals surface area contributed by atoms with Crippen molar-refractivity contribution in [1.82, 2.24) is 10.3 Å². The predicted molar refractivity (Wildman–Crippen MR) is 83.6 cm³/mol. The van der Waals surface area contributed by atoms with Crippen molar-refractivity contribution in [1.29, 1.82) is 0 Å². The number of ether oxygens (including phenoxy) is 1. The van der Waals surface area contributed by atoms with Crippen LogP contribution in [0.15, 0.2) is 0 Å². The first-order chi connectivity index (χ1) is 9.67. The van der Waals surface area contributed by atoms with E-state index in [0.717, 1.165) is 41.9 Å². The second kappa shape index (κ2) is 5.90. The van der Waals surface area contributed by atoms with Crippen LogP contribution in [-0.4, -0.2) is 32.7 Å². The SMILES string of the molecule is COc1nc(N(C)C)sc1CNCC1CC2CCC1C2. The number of hydrogen-bond donors (Lipinski definition) is 1. The van der Waals surface area contributed by atoms with Crippen LogP contribution in [0.3, 0.4) is 0 Å². The molecule has 20 heavy (non-hydrogen) atoms. The normalized spacial score (nSPS) is 28.1. The van der Waals surface area contributed by atoms with Crippen LogP contribution in [0, 0.1) is 17.8 Å². The Morgan fingerprint density at radius 3 is 2.80 bits per heavy atom. The van der Waals surface area contributed by atoms with Gasteiger partial charge in [-0.3, -0.25) is 0 Å². The van der Waals surface area contributed by atoms with Crippen molar-refractivity contribution in [2.75, 3.05) is 32.6 Å². The maximum Gasteiger partial charge on any atom is 0.230 e. The van der Waals surface area contributed by atoms with Crippen molar-refractivity contribution >= 4 is 16.5 Å². The summed E-state index contributed by atoms with van der Waals surface area (Å²) < 4.78 is 5.38. The minimum Gasteiger partial charge on any atom is -0.480 e. The molecule has 2 saturated carbocycles. The Balaban J connectivity index is 1.53. The van der Waals surface area contributed by atoms with Gasteiger partial charge in [-0.05, 0) is 43.6 Å². The largest absolute Gasteiger partial charge is 0.480 e. The summed E-state index contributed by atoms with van der Waals surface area (Å²) in [6.07, 6.45) is 5.88. The third-order valence-corrected chi connectivity index (χ3v) is 6.01. The molecule has 3 atom stereocenters. The third-order valence-electron chi connectivity index (χ3n) is 4.80. The molecule has 4 nitrogen and oxygen atoms in total. The van der Waals surface area contributed by atoms with Gasteiger partial charge in [0.1, 0.15) is 0 Å². The molecule has 0 radical (unpaired) electrons. The standard InChI is InChI=1S/C15H25N3OS/c1-18(2)15-17-14(19-3)13(20-15)9-16-8-12-7-10-4-5-11(12)6-10/h10-12,16H,4-9H2,1-3H3. The zero-order valence-electron chi connectivity index (χ0n) is 12.7. The Morgan fingerprint density at radius 1 is 1.35 bits per heavy atom. The predicted octanol–water partition coefficient (Wildman–Crippen LogP) is 2.74. The van der Waals surface area contributed by atoms with E-state index >= 15 is 0 Å². The molecule has 1 aromatic heterocycles. The van der Waals surface area contributed by atoms with E-state index in [4.69, 9.17) is 4.74 Å². The van der Waals surface area contributed by atoms with Crippen LogP contribution < -0.4 is 15.0 Å². The molecule has 112 valence electrons. The summed E-state index contributed by atoms with van der Waals surface area (Å²) in [6, 6.07) is 0. The van der Waals surface area contributed by atoms with Gasteiger partial charge in [0.15, 0.2) is 5.13 Å². The number of aromatic nitrogens is 1. The Hall–Kier alpha value is -0.810. The molecule has 0 aromatic carbocycles. The Labute approximate surface area is 125 Å². The van der Waals surface area contributed by atoms with Crippen molar-refractivity contribution in [2.24, 2.45) is 17.8 Å². The van der Waals surface area contributed by atoms with Crippen molar-refractivity contribution in [2.45, 2.75) is 32.2 Å². The van der Waals surface area contributed by atoms with E-state index in [1.165, 1.54) is 30.6 Å². The lowest BCUT2D eigenvalue weighted by molar-refractivity contribution is 0.317. The molecule has 0 aliphatic heterocycles. The molecule has 0 spiro atoms. The van der Waals surface area contributed by atoms with Crippen LogP contribution in [0.1, 0.15) is 30.6 Å². The number of fused-ring (bicyclic) bond motifs is 2. The summed E-state index contributed by atoms with van der Waals surface area (Å²) in [7, 11) is 5.74. The Morgan fingerprint density at radius 2 is 2.20 bits per heavy atom. The monoisotopic (exact) mass is 295 g/mol. The van der Waals surface area contributed by atoms with Crippen molar-refractivity contribution < 1.29 is 4.74 Å². The van der Waals surface area contributed by atoms with E-state index in [0.29, 0.717) is 0 Å². The number of nitrogens with zero attached hydrogens (tertiary/aromatic N) is 2. The first kappa shape index (κ1) is 14.1. The van der Waals surface area contributed by atoms with E-state index in [2.05, 4.69) is 10.3 Å². The highest BCUT2D eigenvalue weighted by Gasteiger charge is 2.38. The number of anilines is 1. The number of rotatable bonds is 6. The van der Waals surface area contributed by atoms with E-state index in [-0.39, 0.29) is 0 Å². The molecular formula is C15H25N3OS. The summed E-state index contributed by atoms with van der Waals surface area (Å²) >= 11 is 1.72.